The van der Waals surface area contributed by atoms with Gasteiger partial charge in [-0.3, -0.25) is 4.79 Å². The number of aromatic nitrogens is 2. The minimum Gasteiger partial charge on any atom is -0.456 e. The second kappa shape index (κ2) is 11.8. The number of benzene rings is 1. The number of pyridine rings is 2. The maximum atomic E-state index is 12.6. The van der Waals surface area contributed by atoms with Gasteiger partial charge in [0.05, 0.1) is 5.56 Å². The van der Waals surface area contributed by atoms with Gasteiger partial charge in [0.1, 0.15) is 27.6 Å². The predicted octanol–water partition coefficient (Wildman–Crippen LogP) is 6.65. The molecule has 0 radical (unpaired) electrons. The molecule has 1 amide bonds. The summed E-state index contributed by atoms with van der Waals surface area (Å²) in [6, 6.07) is 11.0. The van der Waals surface area contributed by atoms with Gasteiger partial charge >= 0.3 is 0 Å². The van der Waals surface area contributed by atoms with Crippen LogP contribution in [0, 0.1) is 5.82 Å². The molecular formula is C21H19BrCl2FN3O2. The number of ether oxygens (including phenoxy) is 1. The molecule has 5 nitrogen and oxygen atoms in total. The van der Waals surface area contributed by atoms with Crippen LogP contribution in [0.1, 0.15) is 24.2 Å². The van der Waals surface area contributed by atoms with E-state index < -0.39 is 0 Å². The Morgan fingerprint density at radius 1 is 1.03 bits per heavy atom. The highest BCUT2D eigenvalue weighted by Gasteiger charge is 2.18. The van der Waals surface area contributed by atoms with E-state index >= 15 is 0 Å². The second-order valence-electron chi connectivity index (χ2n) is 5.83. The molecule has 0 saturated carbocycles. The zero-order valence-corrected chi connectivity index (χ0v) is 19.4. The number of hydrogen-bond acceptors (Lipinski definition) is 4. The zero-order chi connectivity index (χ0) is 22.1. The van der Waals surface area contributed by atoms with Crippen molar-refractivity contribution in [2.24, 2.45) is 0 Å². The van der Waals surface area contributed by atoms with E-state index in [1.165, 1.54) is 12.3 Å². The summed E-state index contributed by atoms with van der Waals surface area (Å²) in [7, 11) is 0. The Kier molecular flexibility index (Phi) is 9.49. The number of rotatable bonds is 5. The molecule has 0 aliphatic rings. The van der Waals surface area contributed by atoms with Crippen molar-refractivity contribution >= 4 is 45.0 Å². The van der Waals surface area contributed by atoms with E-state index in [4.69, 9.17) is 27.9 Å². The highest BCUT2D eigenvalue weighted by Crippen LogP contribution is 2.29. The van der Waals surface area contributed by atoms with Gasteiger partial charge in [-0.05, 0) is 44.2 Å². The summed E-state index contributed by atoms with van der Waals surface area (Å²) in [6.07, 6.45) is 2.88. The van der Waals surface area contributed by atoms with Gasteiger partial charge in [0, 0.05) is 42.1 Å². The minimum absolute atomic E-state index is 0.0681. The first-order chi connectivity index (χ1) is 14.3. The van der Waals surface area contributed by atoms with Crippen molar-refractivity contribution in [2.45, 2.75) is 13.8 Å². The molecule has 3 aromatic rings. The SMILES string of the molecule is CCN(CC)C(=O)c1cc(Br)ccc1Oc1ccnc(Cl)c1.Fc1ccnc(Cl)c1. The first-order valence-corrected chi connectivity index (χ1v) is 10.5. The monoisotopic (exact) mass is 513 g/mol. The summed E-state index contributed by atoms with van der Waals surface area (Å²) in [5.41, 5.74) is 0.506. The lowest BCUT2D eigenvalue weighted by molar-refractivity contribution is 0.0770. The predicted molar refractivity (Wildman–Crippen MR) is 120 cm³/mol. The molecule has 0 N–H and O–H groups in total. The van der Waals surface area contributed by atoms with Crippen molar-refractivity contribution in [3.8, 4) is 11.5 Å². The maximum absolute atomic E-state index is 12.6. The number of nitrogens with zero attached hydrogens (tertiary/aromatic N) is 3. The summed E-state index contributed by atoms with van der Waals surface area (Å²) < 4.78 is 18.7. The summed E-state index contributed by atoms with van der Waals surface area (Å²) in [5, 5.41) is 0.524. The van der Waals surface area contributed by atoms with Gasteiger partial charge < -0.3 is 9.64 Å². The topological polar surface area (TPSA) is 55.3 Å². The quantitative estimate of drug-likeness (QED) is 0.358. The Labute approximate surface area is 192 Å². The normalized spacial score (nSPS) is 10.1. The molecule has 0 spiro atoms. The fraction of sp³-hybridized carbons (Fsp3) is 0.190. The van der Waals surface area contributed by atoms with Crippen LogP contribution in [0.3, 0.4) is 0 Å². The summed E-state index contributed by atoms with van der Waals surface area (Å²) >= 11 is 14.6. The van der Waals surface area contributed by atoms with Gasteiger partial charge in [0.25, 0.3) is 5.91 Å². The van der Waals surface area contributed by atoms with E-state index in [2.05, 4.69) is 25.9 Å². The van der Waals surface area contributed by atoms with E-state index in [0.717, 1.165) is 10.5 Å². The van der Waals surface area contributed by atoms with E-state index in [1.807, 2.05) is 19.9 Å². The molecule has 2 aromatic heterocycles. The molecule has 0 fully saturated rings. The Balaban J connectivity index is 0.000000335. The standard InChI is InChI=1S/C16H16BrClN2O2.C5H3ClFN/c1-3-20(4-2)16(21)13-9-11(17)5-6-14(13)22-12-7-8-19-15(18)10-12;6-5-3-4(7)1-2-8-5/h5-10H,3-4H2,1-2H3;1-3H. The Bertz CT molecular complexity index is 986. The first-order valence-electron chi connectivity index (χ1n) is 8.99. The summed E-state index contributed by atoms with van der Waals surface area (Å²) in [4.78, 5) is 21.8. The molecule has 0 unspecified atom stereocenters. The highest BCUT2D eigenvalue weighted by molar-refractivity contribution is 9.10. The molecule has 0 saturated heterocycles. The van der Waals surface area contributed by atoms with Crippen molar-refractivity contribution in [3.63, 3.8) is 0 Å². The van der Waals surface area contributed by atoms with Gasteiger partial charge in [0.15, 0.2) is 0 Å². The Hall–Kier alpha value is -2.22. The zero-order valence-electron chi connectivity index (χ0n) is 16.3. The number of amides is 1. The van der Waals surface area contributed by atoms with E-state index in [-0.39, 0.29) is 16.9 Å². The average molecular weight is 515 g/mol. The van der Waals surface area contributed by atoms with Gasteiger partial charge in [-0.25, -0.2) is 14.4 Å². The van der Waals surface area contributed by atoms with E-state index in [1.54, 1.807) is 35.4 Å². The Morgan fingerprint density at radius 2 is 1.67 bits per heavy atom. The van der Waals surface area contributed by atoms with Gasteiger partial charge in [-0.1, -0.05) is 39.1 Å². The lowest BCUT2D eigenvalue weighted by atomic mass is 10.1. The van der Waals surface area contributed by atoms with Crippen molar-refractivity contribution < 1.29 is 13.9 Å². The minimum atomic E-state index is -0.356. The molecule has 30 heavy (non-hydrogen) atoms. The molecule has 0 atom stereocenters. The van der Waals surface area contributed by atoms with Crippen LogP contribution in [-0.4, -0.2) is 33.9 Å². The van der Waals surface area contributed by atoms with Crippen LogP contribution in [0.4, 0.5) is 4.39 Å². The molecule has 158 valence electrons. The second-order valence-corrected chi connectivity index (χ2v) is 7.52. The van der Waals surface area contributed by atoms with E-state index in [9.17, 15) is 9.18 Å². The fourth-order valence-electron chi connectivity index (χ4n) is 2.39. The first kappa shape index (κ1) is 24.1. The maximum Gasteiger partial charge on any atom is 0.257 e. The van der Waals surface area contributed by atoms with Crippen LogP contribution in [0.5, 0.6) is 11.5 Å². The largest absolute Gasteiger partial charge is 0.456 e. The molecule has 0 aliphatic carbocycles. The molecule has 2 heterocycles. The molecular weight excluding hydrogens is 496 g/mol. The summed E-state index contributed by atoms with van der Waals surface area (Å²) in [5.74, 6) is 0.602. The van der Waals surface area contributed by atoms with Crippen molar-refractivity contribution in [1.82, 2.24) is 14.9 Å². The molecule has 1 aromatic carbocycles. The lowest BCUT2D eigenvalue weighted by Crippen LogP contribution is -2.30. The van der Waals surface area contributed by atoms with Crippen LogP contribution >= 0.6 is 39.1 Å². The number of halogens is 4. The van der Waals surface area contributed by atoms with E-state index in [0.29, 0.717) is 35.3 Å². The van der Waals surface area contributed by atoms with Crippen LogP contribution < -0.4 is 4.74 Å². The third-order valence-electron chi connectivity index (χ3n) is 3.84. The molecule has 0 bridgehead atoms. The van der Waals surface area contributed by atoms with Gasteiger partial charge in [-0.15, -0.1) is 0 Å². The fourth-order valence-corrected chi connectivity index (χ4v) is 3.08. The molecule has 0 aliphatic heterocycles. The third kappa shape index (κ3) is 7.23. The van der Waals surface area contributed by atoms with Crippen LogP contribution in [0.25, 0.3) is 0 Å². The van der Waals surface area contributed by atoms with Crippen molar-refractivity contribution in [3.05, 3.63) is 81.0 Å². The number of carbonyl (C=O) groups excluding carboxylic acids is 1. The third-order valence-corrected chi connectivity index (χ3v) is 4.74. The highest BCUT2D eigenvalue weighted by atomic mass is 79.9. The molecule has 3 rings (SSSR count). The Morgan fingerprint density at radius 3 is 2.20 bits per heavy atom. The van der Waals surface area contributed by atoms with Gasteiger partial charge in [-0.2, -0.15) is 0 Å². The lowest BCUT2D eigenvalue weighted by Gasteiger charge is -2.20. The number of hydrogen-bond donors (Lipinski definition) is 0. The van der Waals surface area contributed by atoms with Crippen LogP contribution in [-0.2, 0) is 0 Å². The number of carbonyl (C=O) groups is 1. The summed E-state index contributed by atoms with van der Waals surface area (Å²) in [6.45, 7) is 5.18. The smallest absolute Gasteiger partial charge is 0.257 e. The van der Waals surface area contributed by atoms with Crippen molar-refractivity contribution in [1.29, 1.82) is 0 Å². The average Bonchev–Trinajstić information content (AvgIpc) is 2.70. The van der Waals surface area contributed by atoms with Crippen LogP contribution in [0.2, 0.25) is 10.3 Å². The van der Waals surface area contributed by atoms with Crippen LogP contribution in [0.15, 0.2) is 59.3 Å². The van der Waals surface area contributed by atoms with Crippen molar-refractivity contribution in [2.75, 3.05) is 13.1 Å². The molecule has 9 heteroatoms. The van der Waals surface area contributed by atoms with Gasteiger partial charge in [0.2, 0.25) is 0 Å².